The van der Waals surface area contributed by atoms with Gasteiger partial charge >= 0.3 is 0 Å². The highest BCUT2D eigenvalue weighted by Crippen LogP contribution is 2.25. The summed E-state index contributed by atoms with van der Waals surface area (Å²) in [5, 5.41) is 0. The Hall–Kier alpha value is -2.22. The van der Waals surface area contributed by atoms with E-state index in [1.807, 2.05) is 4.72 Å². The predicted molar refractivity (Wildman–Crippen MR) is 76.1 cm³/mol. The van der Waals surface area contributed by atoms with E-state index in [2.05, 4.69) is 4.98 Å². The first-order chi connectivity index (χ1) is 9.89. The maximum atomic E-state index is 13.6. The number of nitrogens with two attached hydrogens (primary N) is 1. The quantitative estimate of drug-likeness (QED) is 0.826. The van der Waals surface area contributed by atoms with Gasteiger partial charge in [0.05, 0.1) is 11.4 Å². The van der Waals surface area contributed by atoms with Crippen LogP contribution in [0.1, 0.15) is 5.69 Å². The van der Waals surface area contributed by atoms with Crippen molar-refractivity contribution < 1.29 is 17.2 Å². The number of nitrogen functional groups attached to an aromatic ring is 1. The minimum Gasteiger partial charge on any atom is -0.397 e. The van der Waals surface area contributed by atoms with Crippen LogP contribution >= 0.6 is 0 Å². The number of benzene rings is 1. The van der Waals surface area contributed by atoms with Crippen molar-refractivity contribution in [3.63, 3.8) is 0 Å². The van der Waals surface area contributed by atoms with Gasteiger partial charge in [0, 0.05) is 18.3 Å². The first-order valence-corrected chi connectivity index (χ1v) is 7.68. The maximum absolute atomic E-state index is 13.6. The van der Waals surface area contributed by atoms with E-state index in [-0.39, 0.29) is 17.9 Å². The molecule has 0 fully saturated rings. The lowest BCUT2D eigenvalue weighted by Gasteiger charge is -2.11. The molecular weight excluding hydrogens is 300 g/mol. The lowest BCUT2D eigenvalue weighted by molar-refractivity contribution is 0.512. The molecule has 5 nitrogen and oxygen atoms in total. The fraction of sp³-hybridized carbons (Fsp3) is 0.154. The van der Waals surface area contributed by atoms with E-state index in [0.29, 0.717) is 5.69 Å². The molecule has 2 rings (SSSR count). The van der Waals surface area contributed by atoms with Crippen LogP contribution in [0.3, 0.4) is 0 Å². The SMILES string of the molecule is Nc1ccc(F)c(F)c1NS(=O)(=O)CCc1ccccn1. The summed E-state index contributed by atoms with van der Waals surface area (Å²) in [5.74, 6) is -2.82. The normalized spacial score (nSPS) is 11.3. The third kappa shape index (κ3) is 3.88. The number of halogens is 2. The first-order valence-electron chi connectivity index (χ1n) is 6.03. The molecule has 0 saturated carbocycles. The van der Waals surface area contributed by atoms with Crippen LogP contribution in [0, 0.1) is 11.6 Å². The van der Waals surface area contributed by atoms with E-state index in [1.165, 1.54) is 0 Å². The summed E-state index contributed by atoms with van der Waals surface area (Å²) in [4.78, 5) is 3.99. The first kappa shape index (κ1) is 15.2. The third-order valence-electron chi connectivity index (χ3n) is 2.74. The zero-order valence-corrected chi connectivity index (χ0v) is 11.7. The van der Waals surface area contributed by atoms with Gasteiger partial charge in [0.25, 0.3) is 0 Å². The smallest absolute Gasteiger partial charge is 0.233 e. The van der Waals surface area contributed by atoms with Crippen LogP contribution in [0.25, 0.3) is 0 Å². The minimum absolute atomic E-state index is 0.146. The monoisotopic (exact) mass is 313 g/mol. The molecule has 8 heteroatoms. The van der Waals surface area contributed by atoms with Crippen LogP contribution < -0.4 is 10.5 Å². The Morgan fingerprint density at radius 3 is 2.62 bits per heavy atom. The summed E-state index contributed by atoms with van der Waals surface area (Å²) < 4.78 is 52.5. The number of hydrogen-bond donors (Lipinski definition) is 2. The van der Waals surface area contributed by atoms with Gasteiger partial charge in [0.2, 0.25) is 10.0 Å². The molecule has 0 spiro atoms. The molecule has 21 heavy (non-hydrogen) atoms. The summed E-state index contributed by atoms with van der Waals surface area (Å²) >= 11 is 0. The standard InChI is InChI=1S/C13H13F2N3O2S/c14-10-4-5-11(16)13(12(10)15)18-21(19,20)8-6-9-3-1-2-7-17-9/h1-5,7,18H,6,8,16H2. The van der Waals surface area contributed by atoms with Crippen LogP contribution in [0.5, 0.6) is 0 Å². The number of rotatable bonds is 5. The van der Waals surface area contributed by atoms with Gasteiger partial charge in [-0.25, -0.2) is 17.2 Å². The molecule has 0 aliphatic rings. The number of nitrogens with one attached hydrogen (secondary N) is 1. The maximum Gasteiger partial charge on any atom is 0.233 e. The topological polar surface area (TPSA) is 85.1 Å². The lowest BCUT2D eigenvalue weighted by atomic mass is 10.2. The van der Waals surface area contributed by atoms with Gasteiger partial charge in [-0.05, 0) is 24.3 Å². The van der Waals surface area contributed by atoms with Crippen LogP contribution in [0.15, 0.2) is 36.5 Å². The van der Waals surface area contributed by atoms with Gasteiger partial charge in [0.15, 0.2) is 11.6 Å². The van der Waals surface area contributed by atoms with Crippen molar-refractivity contribution in [1.29, 1.82) is 0 Å². The molecule has 1 aromatic heterocycles. The second kappa shape index (κ2) is 6.04. The van der Waals surface area contributed by atoms with Crippen molar-refractivity contribution in [3.8, 4) is 0 Å². The summed E-state index contributed by atoms with van der Waals surface area (Å²) in [6, 6.07) is 7.03. The number of anilines is 2. The Balaban J connectivity index is 2.13. The van der Waals surface area contributed by atoms with E-state index in [9.17, 15) is 17.2 Å². The fourth-order valence-corrected chi connectivity index (χ4v) is 2.76. The average Bonchev–Trinajstić information content (AvgIpc) is 2.47. The molecule has 0 amide bonds. The second-order valence-corrected chi connectivity index (χ2v) is 6.16. The zero-order valence-electron chi connectivity index (χ0n) is 10.9. The highest BCUT2D eigenvalue weighted by atomic mass is 32.2. The van der Waals surface area contributed by atoms with Crippen molar-refractivity contribution in [2.45, 2.75) is 6.42 Å². The summed E-state index contributed by atoms with van der Waals surface area (Å²) in [6.07, 6.45) is 1.69. The summed E-state index contributed by atoms with van der Waals surface area (Å²) in [7, 11) is -3.87. The van der Waals surface area contributed by atoms with E-state index in [1.54, 1.807) is 24.4 Å². The zero-order chi connectivity index (χ0) is 15.5. The Morgan fingerprint density at radius 2 is 1.95 bits per heavy atom. The number of pyridine rings is 1. The van der Waals surface area contributed by atoms with Crippen molar-refractivity contribution in [3.05, 3.63) is 53.9 Å². The number of aryl methyl sites for hydroxylation is 1. The van der Waals surface area contributed by atoms with Gasteiger partial charge in [-0.1, -0.05) is 6.07 Å². The number of hydrogen-bond acceptors (Lipinski definition) is 4. The molecule has 3 N–H and O–H groups in total. The molecule has 1 aromatic carbocycles. The van der Waals surface area contributed by atoms with Crippen molar-refractivity contribution in [2.75, 3.05) is 16.2 Å². The van der Waals surface area contributed by atoms with Gasteiger partial charge in [0.1, 0.15) is 5.69 Å². The molecule has 0 saturated heterocycles. The van der Waals surface area contributed by atoms with Gasteiger partial charge in [-0.15, -0.1) is 0 Å². The van der Waals surface area contributed by atoms with Crippen molar-refractivity contribution in [1.82, 2.24) is 4.98 Å². The Kier molecular flexibility index (Phi) is 4.37. The van der Waals surface area contributed by atoms with Gasteiger partial charge < -0.3 is 5.73 Å². The summed E-state index contributed by atoms with van der Waals surface area (Å²) in [6.45, 7) is 0. The van der Waals surface area contributed by atoms with E-state index in [0.717, 1.165) is 12.1 Å². The van der Waals surface area contributed by atoms with E-state index in [4.69, 9.17) is 5.73 Å². The van der Waals surface area contributed by atoms with Crippen LogP contribution in [0.2, 0.25) is 0 Å². The Morgan fingerprint density at radius 1 is 1.19 bits per heavy atom. The van der Waals surface area contributed by atoms with Gasteiger partial charge in [-0.2, -0.15) is 0 Å². The highest BCUT2D eigenvalue weighted by molar-refractivity contribution is 7.92. The van der Waals surface area contributed by atoms with Crippen LogP contribution in [-0.4, -0.2) is 19.2 Å². The highest BCUT2D eigenvalue weighted by Gasteiger charge is 2.18. The molecule has 1 heterocycles. The van der Waals surface area contributed by atoms with Crippen LogP contribution in [0.4, 0.5) is 20.2 Å². The molecule has 0 aliphatic carbocycles. The number of nitrogens with zero attached hydrogens (tertiary/aromatic N) is 1. The molecular formula is C13H13F2N3O2S. The number of aromatic nitrogens is 1. The average molecular weight is 313 g/mol. The molecule has 0 unspecified atom stereocenters. The molecule has 0 bridgehead atoms. The largest absolute Gasteiger partial charge is 0.397 e. The molecule has 0 radical (unpaired) electrons. The van der Waals surface area contributed by atoms with Crippen molar-refractivity contribution in [2.24, 2.45) is 0 Å². The fourth-order valence-electron chi connectivity index (χ4n) is 1.66. The van der Waals surface area contributed by atoms with Gasteiger partial charge in [-0.3, -0.25) is 9.71 Å². The Bertz CT molecular complexity index is 737. The second-order valence-electron chi connectivity index (χ2n) is 4.32. The molecule has 0 atom stereocenters. The Labute approximate surface area is 120 Å². The molecule has 2 aromatic rings. The lowest BCUT2D eigenvalue weighted by Crippen LogP contribution is -2.20. The van der Waals surface area contributed by atoms with E-state index >= 15 is 0 Å². The number of sulfonamides is 1. The molecule has 112 valence electrons. The summed E-state index contributed by atoms with van der Waals surface area (Å²) in [5.41, 5.74) is 5.28. The van der Waals surface area contributed by atoms with E-state index < -0.39 is 27.3 Å². The molecule has 0 aliphatic heterocycles. The predicted octanol–water partition coefficient (Wildman–Crippen LogP) is 1.93. The van der Waals surface area contributed by atoms with Crippen molar-refractivity contribution >= 4 is 21.4 Å². The minimum atomic E-state index is -3.87. The van der Waals surface area contributed by atoms with Crippen LogP contribution in [-0.2, 0) is 16.4 Å². The third-order valence-corrected chi connectivity index (χ3v) is 3.99.